The molecule has 1 aromatic rings. The first-order valence-corrected chi connectivity index (χ1v) is 8.29. The van der Waals surface area contributed by atoms with Crippen LogP contribution in [0.4, 0.5) is 13.2 Å². The van der Waals surface area contributed by atoms with Crippen molar-refractivity contribution in [3.8, 4) is 0 Å². The molecule has 0 amide bonds. The van der Waals surface area contributed by atoms with Crippen LogP contribution in [0, 0.1) is 5.92 Å². The number of nitrogens with one attached hydrogen (secondary N) is 2. The lowest BCUT2D eigenvalue weighted by atomic mass is 9.85. The van der Waals surface area contributed by atoms with Crippen LogP contribution in [0.5, 0.6) is 0 Å². The Morgan fingerprint density at radius 2 is 2.00 bits per heavy atom. The zero-order chi connectivity index (χ0) is 17.7. The van der Waals surface area contributed by atoms with E-state index in [0.717, 1.165) is 5.69 Å². The summed E-state index contributed by atoms with van der Waals surface area (Å²) in [5.74, 6) is 0.383. The van der Waals surface area contributed by atoms with Crippen molar-refractivity contribution >= 4 is 5.96 Å². The van der Waals surface area contributed by atoms with Crippen LogP contribution in [-0.4, -0.2) is 30.4 Å². The molecular weight excluding hydrogens is 321 g/mol. The second-order valence-corrected chi connectivity index (χ2v) is 6.53. The molecule has 1 heterocycles. The molecule has 0 unspecified atom stereocenters. The van der Waals surface area contributed by atoms with Gasteiger partial charge in [0.05, 0.1) is 18.2 Å². The van der Waals surface area contributed by atoms with Crippen molar-refractivity contribution in [3.05, 3.63) is 17.5 Å². The zero-order valence-electron chi connectivity index (χ0n) is 14.3. The predicted molar refractivity (Wildman–Crippen MR) is 85.7 cm³/mol. The zero-order valence-corrected chi connectivity index (χ0v) is 14.3. The molecule has 0 bridgehead atoms. The molecule has 5 nitrogen and oxygen atoms in total. The molecule has 0 spiro atoms. The summed E-state index contributed by atoms with van der Waals surface area (Å²) in [6, 6.07) is 1.90. The lowest BCUT2D eigenvalue weighted by Crippen LogP contribution is -2.45. The van der Waals surface area contributed by atoms with Crippen molar-refractivity contribution in [2.45, 2.75) is 64.2 Å². The highest BCUT2D eigenvalue weighted by atomic mass is 19.4. The predicted octanol–water partition coefficient (Wildman–Crippen LogP) is 3.58. The number of rotatable bonds is 4. The van der Waals surface area contributed by atoms with E-state index in [1.807, 2.05) is 19.9 Å². The van der Waals surface area contributed by atoms with E-state index in [1.54, 1.807) is 7.05 Å². The average Bonchev–Trinajstić information content (AvgIpc) is 3.00. The number of nitrogens with zero attached hydrogens (tertiary/aromatic N) is 2. The molecule has 0 aromatic carbocycles. The van der Waals surface area contributed by atoms with E-state index in [4.69, 9.17) is 4.52 Å². The normalized spacial score (nSPS) is 22.7. The second kappa shape index (κ2) is 7.90. The van der Waals surface area contributed by atoms with Crippen molar-refractivity contribution in [1.29, 1.82) is 0 Å². The molecule has 2 N–H and O–H groups in total. The maximum Gasteiger partial charge on any atom is 0.391 e. The molecule has 0 aliphatic heterocycles. The molecule has 1 aliphatic carbocycles. The number of alkyl halides is 3. The van der Waals surface area contributed by atoms with Crippen LogP contribution < -0.4 is 10.6 Å². The average molecular weight is 346 g/mol. The van der Waals surface area contributed by atoms with Crippen LogP contribution in [0.15, 0.2) is 15.6 Å². The number of hydrogen-bond donors (Lipinski definition) is 2. The minimum atomic E-state index is -4.08. The van der Waals surface area contributed by atoms with Crippen molar-refractivity contribution < 1.29 is 17.7 Å². The van der Waals surface area contributed by atoms with Gasteiger partial charge >= 0.3 is 6.18 Å². The van der Waals surface area contributed by atoms with Crippen molar-refractivity contribution in [3.63, 3.8) is 0 Å². The van der Waals surface area contributed by atoms with Gasteiger partial charge in [-0.3, -0.25) is 4.99 Å². The van der Waals surface area contributed by atoms with Crippen LogP contribution in [0.1, 0.15) is 56.9 Å². The smallest absolute Gasteiger partial charge is 0.359 e. The quantitative estimate of drug-likeness (QED) is 0.646. The fourth-order valence-corrected chi connectivity index (χ4v) is 2.81. The van der Waals surface area contributed by atoms with Crippen molar-refractivity contribution in [1.82, 2.24) is 15.8 Å². The first kappa shape index (κ1) is 18.6. The highest BCUT2D eigenvalue weighted by Crippen LogP contribution is 2.37. The van der Waals surface area contributed by atoms with Gasteiger partial charge in [0.15, 0.2) is 11.7 Å². The van der Waals surface area contributed by atoms with Crippen molar-refractivity contribution in [2.24, 2.45) is 10.9 Å². The minimum absolute atomic E-state index is 0.00995. The third-order valence-corrected chi connectivity index (χ3v) is 4.35. The summed E-state index contributed by atoms with van der Waals surface area (Å²) in [7, 11) is 1.64. The maximum atomic E-state index is 12.7. The lowest BCUT2D eigenvalue weighted by molar-refractivity contribution is -0.182. The molecule has 2 rings (SSSR count). The summed E-state index contributed by atoms with van der Waals surface area (Å²) in [5, 5.41) is 10.3. The van der Waals surface area contributed by atoms with Crippen molar-refractivity contribution in [2.75, 3.05) is 7.05 Å². The minimum Gasteiger partial charge on any atom is -0.359 e. The summed E-state index contributed by atoms with van der Waals surface area (Å²) < 4.78 is 43.3. The maximum absolute atomic E-state index is 12.7. The van der Waals surface area contributed by atoms with E-state index in [0.29, 0.717) is 37.0 Å². The number of guanidine groups is 1. The van der Waals surface area contributed by atoms with E-state index in [1.165, 1.54) is 0 Å². The molecule has 8 heteroatoms. The van der Waals surface area contributed by atoms with Gasteiger partial charge in [-0.2, -0.15) is 13.2 Å². The summed E-state index contributed by atoms with van der Waals surface area (Å²) in [4.78, 5) is 4.12. The van der Waals surface area contributed by atoms with Gasteiger partial charge < -0.3 is 15.2 Å². The molecular formula is C16H25F3N4O. The SMILES string of the molecule is CN=C(NCc1cc(C(C)C)no1)NC1CCC(C(F)(F)F)CC1. The van der Waals surface area contributed by atoms with Crippen LogP contribution in [-0.2, 0) is 6.54 Å². The van der Waals surface area contributed by atoms with Gasteiger partial charge in [0.25, 0.3) is 0 Å². The first-order valence-electron chi connectivity index (χ1n) is 8.29. The molecule has 0 radical (unpaired) electrons. The molecule has 24 heavy (non-hydrogen) atoms. The van der Waals surface area contributed by atoms with Gasteiger partial charge in [-0.05, 0) is 31.6 Å². The Labute approximate surface area is 140 Å². The Morgan fingerprint density at radius 3 is 2.50 bits per heavy atom. The summed E-state index contributed by atoms with van der Waals surface area (Å²) in [5.41, 5.74) is 0.889. The molecule has 1 aromatic heterocycles. The molecule has 1 aliphatic rings. The molecule has 1 saturated carbocycles. The summed E-state index contributed by atoms with van der Waals surface area (Å²) in [6.07, 6.45) is -2.77. The van der Waals surface area contributed by atoms with E-state index < -0.39 is 12.1 Å². The van der Waals surface area contributed by atoms with Gasteiger partial charge in [0.1, 0.15) is 0 Å². The number of aliphatic imine (C=N–C) groups is 1. The highest BCUT2D eigenvalue weighted by molar-refractivity contribution is 5.79. The van der Waals surface area contributed by atoms with E-state index in [-0.39, 0.29) is 18.9 Å². The number of halogens is 3. The fourth-order valence-electron chi connectivity index (χ4n) is 2.81. The van der Waals surface area contributed by atoms with E-state index in [9.17, 15) is 13.2 Å². The van der Waals surface area contributed by atoms with Crippen LogP contribution in [0.2, 0.25) is 0 Å². The van der Waals surface area contributed by atoms with Gasteiger partial charge in [-0.1, -0.05) is 19.0 Å². The van der Waals surface area contributed by atoms with Crippen LogP contribution >= 0.6 is 0 Å². The van der Waals surface area contributed by atoms with Gasteiger partial charge in [-0.15, -0.1) is 0 Å². The fraction of sp³-hybridized carbons (Fsp3) is 0.750. The topological polar surface area (TPSA) is 62.5 Å². The van der Waals surface area contributed by atoms with Crippen LogP contribution in [0.3, 0.4) is 0 Å². The standard InChI is InChI=1S/C16H25F3N4O/c1-10(2)14-8-13(24-23-14)9-21-15(20-3)22-12-6-4-11(5-7-12)16(17,18)19/h8,10-12H,4-7,9H2,1-3H3,(H2,20,21,22). The Bertz CT molecular complexity index is 546. The summed E-state index contributed by atoms with van der Waals surface area (Å²) in [6.45, 7) is 4.50. The molecule has 0 saturated heterocycles. The van der Waals surface area contributed by atoms with E-state index in [2.05, 4.69) is 20.8 Å². The van der Waals surface area contributed by atoms with Gasteiger partial charge in [-0.25, -0.2) is 0 Å². The molecule has 1 fully saturated rings. The van der Waals surface area contributed by atoms with Gasteiger partial charge in [0.2, 0.25) is 0 Å². The van der Waals surface area contributed by atoms with Gasteiger partial charge in [0, 0.05) is 19.2 Å². The Hall–Kier alpha value is -1.73. The third kappa shape index (κ3) is 5.14. The Balaban J connectivity index is 1.78. The largest absolute Gasteiger partial charge is 0.391 e. The van der Waals surface area contributed by atoms with E-state index >= 15 is 0 Å². The monoisotopic (exact) mass is 346 g/mol. The molecule has 0 atom stereocenters. The molecule has 136 valence electrons. The number of hydrogen-bond acceptors (Lipinski definition) is 3. The second-order valence-electron chi connectivity index (χ2n) is 6.53. The van der Waals surface area contributed by atoms with Crippen LogP contribution in [0.25, 0.3) is 0 Å². The number of aromatic nitrogens is 1. The third-order valence-electron chi connectivity index (χ3n) is 4.35. The lowest BCUT2D eigenvalue weighted by Gasteiger charge is -2.31. The Morgan fingerprint density at radius 1 is 1.33 bits per heavy atom. The summed E-state index contributed by atoms with van der Waals surface area (Å²) >= 11 is 0. The highest BCUT2D eigenvalue weighted by Gasteiger charge is 2.41. The Kier molecular flexibility index (Phi) is 6.12. The first-order chi connectivity index (χ1) is 11.3.